The second-order valence-electron chi connectivity index (χ2n) is 3.51. The van der Waals surface area contributed by atoms with Crippen molar-refractivity contribution < 1.29 is 8.42 Å². The SMILES string of the molecule is CNc1cccnc1S(=O)(=O)NCc1cnc[nH]1. The number of hydrogen-bond donors (Lipinski definition) is 3. The van der Waals surface area contributed by atoms with Crippen LogP contribution in [-0.2, 0) is 16.6 Å². The van der Waals surface area contributed by atoms with Gasteiger partial charge in [-0.1, -0.05) is 0 Å². The second kappa shape index (κ2) is 5.15. The highest BCUT2D eigenvalue weighted by Crippen LogP contribution is 2.16. The molecule has 0 saturated carbocycles. The summed E-state index contributed by atoms with van der Waals surface area (Å²) >= 11 is 0. The van der Waals surface area contributed by atoms with Gasteiger partial charge in [-0.2, -0.15) is 0 Å². The molecule has 0 fully saturated rings. The van der Waals surface area contributed by atoms with Crippen molar-refractivity contribution in [2.24, 2.45) is 0 Å². The third-order valence-electron chi connectivity index (χ3n) is 2.30. The molecule has 2 aromatic rings. The van der Waals surface area contributed by atoms with Crippen molar-refractivity contribution in [3.63, 3.8) is 0 Å². The van der Waals surface area contributed by atoms with Gasteiger partial charge in [0.2, 0.25) is 0 Å². The summed E-state index contributed by atoms with van der Waals surface area (Å²) < 4.78 is 26.6. The summed E-state index contributed by atoms with van der Waals surface area (Å²) in [5.41, 5.74) is 1.13. The zero-order valence-corrected chi connectivity index (χ0v) is 10.5. The fraction of sp³-hybridized carbons (Fsp3) is 0.200. The summed E-state index contributed by atoms with van der Waals surface area (Å²) in [6.07, 6.45) is 4.48. The van der Waals surface area contributed by atoms with Crippen molar-refractivity contribution in [3.05, 3.63) is 36.5 Å². The van der Waals surface area contributed by atoms with Crippen LogP contribution in [0.25, 0.3) is 0 Å². The highest BCUT2D eigenvalue weighted by atomic mass is 32.2. The Bertz CT molecular complexity index is 609. The van der Waals surface area contributed by atoms with Gasteiger partial charge < -0.3 is 10.3 Å². The zero-order valence-electron chi connectivity index (χ0n) is 9.71. The lowest BCUT2D eigenvalue weighted by Crippen LogP contribution is -2.25. The molecule has 0 aromatic carbocycles. The number of H-pyrrole nitrogens is 1. The van der Waals surface area contributed by atoms with Crippen LogP contribution < -0.4 is 10.0 Å². The summed E-state index contributed by atoms with van der Waals surface area (Å²) in [5.74, 6) is 0. The lowest BCUT2D eigenvalue weighted by atomic mass is 10.4. The van der Waals surface area contributed by atoms with E-state index in [2.05, 4.69) is 25.0 Å². The molecule has 0 atom stereocenters. The van der Waals surface area contributed by atoms with Crippen molar-refractivity contribution in [2.75, 3.05) is 12.4 Å². The highest BCUT2D eigenvalue weighted by Gasteiger charge is 2.19. The maximum atomic E-state index is 12.1. The first-order valence-electron chi connectivity index (χ1n) is 5.23. The lowest BCUT2D eigenvalue weighted by molar-refractivity contribution is 0.577. The Morgan fingerprint density at radius 3 is 2.94 bits per heavy atom. The number of aromatic nitrogens is 3. The maximum absolute atomic E-state index is 12.1. The van der Waals surface area contributed by atoms with Crippen LogP contribution in [0.4, 0.5) is 5.69 Å². The number of aromatic amines is 1. The first-order chi connectivity index (χ1) is 8.63. The number of nitrogens with one attached hydrogen (secondary N) is 3. The summed E-state index contributed by atoms with van der Waals surface area (Å²) in [4.78, 5) is 10.5. The van der Waals surface area contributed by atoms with Crippen molar-refractivity contribution in [2.45, 2.75) is 11.6 Å². The predicted octanol–water partition coefficient (Wildman–Crippen LogP) is 0.325. The number of nitrogens with zero attached hydrogens (tertiary/aromatic N) is 2. The van der Waals surface area contributed by atoms with Crippen LogP contribution >= 0.6 is 0 Å². The number of sulfonamides is 1. The highest BCUT2D eigenvalue weighted by molar-refractivity contribution is 7.89. The molecule has 96 valence electrons. The zero-order chi connectivity index (χ0) is 13.0. The van der Waals surface area contributed by atoms with Crippen LogP contribution in [0.3, 0.4) is 0 Å². The maximum Gasteiger partial charge on any atom is 0.260 e. The van der Waals surface area contributed by atoms with Gasteiger partial charge in [0.1, 0.15) is 0 Å². The number of pyridine rings is 1. The van der Waals surface area contributed by atoms with Crippen LogP contribution in [-0.4, -0.2) is 30.4 Å². The van der Waals surface area contributed by atoms with Crippen molar-refractivity contribution >= 4 is 15.7 Å². The van der Waals surface area contributed by atoms with Gasteiger partial charge in [-0.15, -0.1) is 0 Å². The topological polar surface area (TPSA) is 99.8 Å². The fourth-order valence-electron chi connectivity index (χ4n) is 1.42. The Morgan fingerprint density at radius 1 is 1.44 bits per heavy atom. The van der Waals surface area contributed by atoms with E-state index >= 15 is 0 Å². The van der Waals surface area contributed by atoms with Gasteiger partial charge in [0, 0.05) is 25.1 Å². The molecule has 3 N–H and O–H groups in total. The summed E-state index contributed by atoms with van der Waals surface area (Å²) in [5, 5.41) is 2.77. The first-order valence-corrected chi connectivity index (χ1v) is 6.71. The van der Waals surface area contributed by atoms with E-state index in [9.17, 15) is 8.42 Å². The predicted molar refractivity (Wildman–Crippen MR) is 66.4 cm³/mol. The van der Waals surface area contributed by atoms with Crippen molar-refractivity contribution in [1.82, 2.24) is 19.7 Å². The minimum atomic E-state index is -3.65. The minimum Gasteiger partial charge on any atom is -0.386 e. The molecule has 8 heteroatoms. The molecule has 0 unspecified atom stereocenters. The van der Waals surface area contributed by atoms with E-state index in [0.29, 0.717) is 11.4 Å². The van der Waals surface area contributed by atoms with Crippen LogP contribution in [0.15, 0.2) is 35.9 Å². The van der Waals surface area contributed by atoms with E-state index in [1.54, 1.807) is 25.4 Å². The van der Waals surface area contributed by atoms with E-state index in [4.69, 9.17) is 0 Å². The monoisotopic (exact) mass is 267 g/mol. The number of anilines is 1. The molecule has 0 radical (unpaired) electrons. The van der Waals surface area contributed by atoms with Crippen LogP contribution in [0.1, 0.15) is 5.69 Å². The number of hydrogen-bond acceptors (Lipinski definition) is 5. The molecule has 2 aromatic heterocycles. The Hall–Kier alpha value is -1.93. The third-order valence-corrected chi connectivity index (χ3v) is 3.66. The second-order valence-corrected chi connectivity index (χ2v) is 5.19. The molecule has 7 nitrogen and oxygen atoms in total. The number of rotatable bonds is 5. The molecule has 2 heterocycles. The molecule has 0 amide bonds. The average molecular weight is 267 g/mol. The Morgan fingerprint density at radius 2 is 2.28 bits per heavy atom. The molecule has 18 heavy (non-hydrogen) atoms. The van der Waals surface area contributed by atoms with E-state index in [0.717, 1.165) is 0 Å². The van der Waals surface area contributed by atoms with Gasteiger partial charge in [0.15, 0.2) is 5.03 Å². The molecule has 0 saturated heterocycles. The normalized spacial score (nSPS) is 11.4. The van der Waals surface area contributed by atoms with E-state index in [-0.39, 0.29) is 11.6 Å². The standard InChI is InChI=1S/C10H13N5O2S/c1-11-9-3-2-4-13-10(9)18(16,17)15-6-8-5-12-7-14-8/h2-5,7,11,15H,6H2,1H3,(H,12,14). The van der Waals surface area contributed by atoms with Gasteiger partial charge in [-0.3, -0.25) is 0 Å². The van der Waals surface area contributed by atoms with Crippen molar-refractivity contribution in [1.29, 1.82) is 0 Å². The molecule has 2 rings (SSSR count). The van der Waals surface area contributed by atoms with Crippen LogP contribution in [0.5, 0.6) is 0 Å². The van der Waals surface area contributed by atoms with Crippen molar-refractivity contribution in [3.8, 4) is 0 Å². The molecule has 0 aliphatic carbocycles. The van der Waals surface area contributed by atoms with Gasteiger partial charge >= 0.3 is 0 Å². The Balaban J connectivity index is 2.20. The molecular weight excluding hydrogens is 254 g/mol. The quantitative estimate of drug-likeness (QED) is 0.724. The van der Waals surface area contributed by atoms with Gasteiger partial charge in [0.05, 0.1) is 18.6 Å². The minimum absolute atomic E-state index is 0.0213. The van der Waals surface area contributed by atoms with Gasteiger partial charge in [-0.25, -0.2) is 23.1 Å². The Kier molecular flexibility index (Phi) is 3.58. The molecule has 0 aliphatic heterocycles. The Labute approximate surface area is 105 Å². The molecular formula is C10H13N5O2S. The van der Waals surface area contributed by atoms with Crippen LogP contribution in [0.2, 0.25) is 0 Å². The van der Waals surface area contributed by atoms with E-state index < -0.39 is 10.0 Å². The summed E-state index contributed by atoms with van der Waals surface area (Å²) in [7, 11) is -2.01. The molecule has 0 aliphatic rings. The third kappa shape index (κ3) is 2.66. The molecule has 0 bridgehead atoms. The summed E-state index contributed by atoms with van der Waals surface area (Å²) in [6.45, 7) is 0.141. The lowest BCUT2D eigenvalue weighted by Gasteiger charge is -2.09. The largest absolute Gasteiger partial charge is 0.386 e. The fourth-order valence-corrected chi connectivity index (χ4v) is 2.56. The van der Waals surface area contributed by atoms with Gasteiger partial charge in [-0.05, 0) is 12.1 Å². The summed E-state index contributed by atoms with van der Waals surface area (Å²) in [6, 6.07) is 3.32. The molecule has 0 spiro atoms. The van der Waals surface area contributed by atoms with E-state index in [1.807, 2.05) is 0 Å². The number of imidazole rings is 1. The first kappa shape index (κ1) is 12.5. The van der Waals surface area contributed by atoms with E-state index in [1.165, 1.54) is 12.5 Å². The average Bonchev–Trinajstić information content (AvgIpc) is 2.89. The smallest absolute Gasteiger partial charge is 0.260 e. The van der Waals surface area contributed by atoms with Gasteiger partial charge in [0.25, 0.3) is 10.0 Å². The van der Waals surface area contributed by atoms with Crippen LogP contribution in [0, 0.1) is 0 Å².